The molecule has 0 atom stereocenters. The maximum atomic E-state index is 12.4. The molecule has 2 aromatic rings. The van der Waals surface area contributed by atoms with Gasteiger partial charge in [0, 0.05) is 49.6 Å². The second-order valence-electron chi connectivity index (χ2n) is 6.79. The van der Waals surface area contributed by atoms with E-state index < -0.39 is 0 Å². The number of nitriles is 1. The van der Waals surface area contributed by atoms with Gasteiger partial charge in [0.25, 0.3) is 5.91 Å². The zero-order valence-corrected chi connectivity index (χ0v) is 16.6. The molecular formula is C22H23ClN4O. The normalized spacial score (nSPS) is 14.5. The maximum absolute atomic E-state index is 12.4. The Bertz CT molecular complexity index is 911. The maximum Gasteiger partial charge on any atom is 0.263 e. The van der Waals surface area contributed by atoms with Gasteiger partial charge in [-0.2, -0.15) is 5.26 Å². The first-order valence-corrected chi connectivity index (χ1v) is 9.64. The van der Waals surface area contributed by atoms with Gasteiger partial charge in [-0.05, 0) is 36.2 Å². The van der Waals surface area contributed by atoms with Crippen molar-refractivity contribution in [2.45, 2.75) is 13.5 Å². The number of amides is 1. The SMILES string of the molecule is Cc1cccc(N2CCN(/C=C(/C#N)C(=O)NCc3ccccc3Cl)CC2)c1. The number of carbonyl (C=O) groups excluding carboxylic acids is 1. The monoisotopic (exact) mass is 394 g/mol. The Morgan fingerprint density at radius 2 is 1.93 bits per heavy atom. The van der Waals surface area contributed by atoms with Crippen molar-refractivity contribution in [1.82, 2.24) is 10.2 Å². The van der Waals surface area contributed by atoms with Gasteiger partial charge >= 0.3 is 0 Å². The van der Waals surface area contributed by atoms with Crippen LogP contribution >= 0.6 is 11.6 Å². The number of carbonyl (C=O) groups is 1. The van der Waals surface area contributed by atoms with Gasteiger partial charge in [-0.3, -0.25) is 4.79 Å². The smallest absolute Gasteiger partial charge is 0.263 e. The minimum absolute atomic E-state index is 0.107. The van der Waals surface area contributed by atoms with E-state index in [2.05, 4.69) is 41.4 Å². The van der Waals surface area contributed by atoms with E-state index in [9.17, 15) is 10.1 Å². The third kappa shape index (κ3) is 5.05. The summed E-state index contributed by atoms with van der Waals surface area (Å²) in [7, 11) is 0. The summed E-state index contributed by atoms with van der Waals surface area (Å²) in [5.74, 6) is -0.386. The quantitative estimate of drug-likeness (QED) is 0.623. The van der Waals surface area contributed by atoms with Crippen LogP contribution in [0.5, 0.6) is 0 Å². The number of halogens is 1. The number of hydrogen-bond acceptors (Lipinski definition) is 4. The van der Waals surface area contributed by atoms with Crippen molar-refractivity contribution in [1.29, 1.82) is 5.26 Å². The van der Waals surface area contributed by atoms with Crippen LogP contribution in [0.3, 0.4) is 0 Å². The van der Waals surface area contributed by atoms with Gasteiger partial charge in [0.2, 0.25) is 0 Å². The van der Waals surface area contributed by atoms with Gasteiger partial charge in [0.1, 0.15) is 11.6 Å². The molecule has 1 N–H and O–H groups in total. The molecule has 6 heteroatoms. The summed E-state index contributed by atoms with van der Waals surface area (Å²) < 4.78 is 0. The molecule has 0 bridgehead atoms. The summed E-state index contributed by atoms with van der Waals surface area (Å²) in [6.45, 7) is 5.59. The molecule has 0 aliphatic carbocycles. The summed E-state index contributed by atoms with van der Waals surface area (Å²) in [5, 5.41) is 12.8. The molecule has 1 aliphatic rings. The fourth-order valence-electron chi connectivity index (χ4n) is 3.17. The predicted octanol–water partition coefficient (Wildman–Crippen LogP) is 3.49. The average Bonchev–Trinajstić information content (AvgIpc) is 2.71. The molecule has 1 amide bonds. The minimum atomic E-state index is -0.386. The fraction of sp³-hybridized carbons (Fsp3) is 0.273. The first-order chi connectivity index (χ1) is 13.6. The first-order valence-electron chi connectivity index (χ1n) is 9.26. The molecule has 2 aromatic carbocycles. The molecule has 5 nitrogen and oxygen atoms in total. The highest BCUT2D eigenvalue weighted by atomic mass is 35.5. The fourth-order valence-corrected chi connectivity index (χ4v) is 3.37. The average molecular weight is 395 g/mol. The zero-order chi connectivity index (χ0) is 19.9. The predicted molar refractivity (Wildman–Crippen MR) is 112 cm³/mol. The van der Waals surface area contributed by atoms with Gasteiger partial charge < -0.3 is 15.1 Å². The van der Waals surface area contributed by atoms with E-state index in [1.54, 1.807) is 12.3 Å². The van der Waals surface area contributed by atoms with Crippen LogP contribution in [0.4, 0.5) is 5.69 Å². The lowest BCUT2D eigenvalue weighted by molar-refractivity contribution is -0.117. The third-order valence-corrected chi connectivity index (χ3v) is 5.12. The molecule has 0 radical (unpaired) electrons. The second-order valence-corrected chi connectivity index (χ2v) is 7.20. The van der Waals surface area contributed by atoms with Crippen molar-refractivity contribution in [3.63, 3.8) is 0 Å². The van der Waals surface area contributed by atoms with Crippen LogP contribution in [0.25, 0.3) is 0 Å². The Labute approximate surface area is 170 Å². The third-order valence-electron chi connectivity index (χ3n) is 4.76. The number of rotatable bonds is 5. The van der Waals surface area contributed by atoms with Crippen LogP contribution in [-0.4, -0.2) is 37.0 Å². The summed E-state index contributed by atoms with van der Waals surface area (Å²) in [6, 6.07) is 17.8. The molecule has 0 unspecified atom stereocenters. The van der Waals surface area contributed by atoms with E-state index in [0.717, 1.165) is 31.7 Å². The van der Waals surface area contributed by atoms with Crippen molar-refractivity contribution < 1.29 is 4.79 Å². The number of hydrogen-bond donors (Lipinski definition) is 1. The molecule has 0 saturated carbocycles. The Kier molecular flexibility index (Phi) is 6.57. The highest BCUT2D eigenvalue weighted by molar-refractivity contribution is 6.31. The summed E-state index contributed by atoms with van der Waals surface area (Å²) in [6.07, 6.45) is 1.66. The Morgan fingerprint density at radius 1 is 1.18 bits per heavy atom. The summed E-state index contributed by atoms with van der Waals surface area (Å²) >= 11 is 6.11. The topological polar surface area (TPSA) is 59.4 Å². The van der Waals surface area contributed by atoms with Crippen LogP contribution in [0.2, 0.25) is 5.02 Å². The van der Waals surface area contributed by atoms with Crippen molar-refractivity contribution in [2.24, 2.45) is 0 Å². The van der Waals surface area contributed by atoms with E-state index in [1.165, 1.54) is 11.3 Å². The Hall–Kier alpha value is -2.97. The molecule has 3 rings (SSSR count). The highest BCUT2D eigenvalue weighted by Gasteiger charge is 2.17. The molecule has 1 saturated heterocycles. The molecule has 1 heterocycles. The van der Waals surface area contributed by atoms with Crippen molar-refractivity contribution in [3.05, 3.63) is 76.5 Å². The largest absolute Gasteiger partial charge is 0.373 e. The number of anilines is 1. The van der Waals surface area contributed by atoms with E-state index in [-0.39, 0.29) is 11.5 Å². The van der Waals surface area contributed by atoms with Crippen molar-refractivity contribution >= 4 is 23.2 Å². The van der Waals surface area contributed by atoms with Gasteiger partial charge in [0.05, 0.1) is 0 Å². The van der Waals surface area contributed by atoms with Gasteiger partial charge in [0.15, 0.2) is 0 Å². The van der Waals surface area contributed by atoms with Gasteiger partial charge in [-0.1, -0.05) is 41.9 Å². The number of piperazine rings is 1. The summed E-state index contributed by atoms with van der Waals surface area (Å²) in [4.78, 5) is 16.7. The molecule has 0 aromatic heterocycles. The van der Waals surface area contributed by atoms with Crippen LogP contribution in [0, 0.1) is 18.3 Å². The summed E-state index contributed by atoms with van der Waals surface area (Å²) in [5.41, 5.74) is 3.38. The van der Waals surface area contributed by atoms with Crippen LogP contribution in [0.1, 0.15) is 11.1 Å². The first kappa shape index (κ1) is 19.8. The number of nitrogens with one attached hydrogen (secondary N) is 1. The lowest BCUT2D eigenvalue weighted by Gasteiger charge is -2.35. The van der Waals surface area contributed by atoms with Crippen LogP contribution < -0.4 is 10.2 Å². The van der Waals surface area contributed by atoms with E-state index in [0.29, 0.717) is 11.6 Å². The molecule has 144 valence electrons. The molecular weight excluding hydrogens is 372 g/mol. The second kappa shape index (κ2) is 9.29. The molecule has 1 aliphatic heterocycles. The lowest BCUT2D eigenvalue weighted by atomic mass is 10.2. The minimum Gasteiger partial charge on any atom is -0.373 e. The molecule has 28 heavy (non-hydrogen) atoms. The van der Waals surface area contributed by atoms with Crippen molar-refractivity contribution in [2.75, 3.05) is 31.1 Å². The molecule has 1 fully saturated rings. The van der Waals surface area contributed by atoms with E-state index >= 15 is 0 Å². The number of aryl methyl sites for hydroxylation is 1. The Balaban J connectivity index is 1.57. The zero-order valence-electron chi connectivity index (χ0n) is 15.9. The van der Waals surface area contributed by atoms with Gasteiger partial charge in [-0.25, -0.2) is 0 Å². The number of benzene rings is 2. The van der Waals surface area contributed by atoms with Crippen LogP contribution in [0.15, 0.2) is 60.3 Å². The standard InChI is InChI=1S/C22H23ClN4O/c1-17-5-4-7-20(13-17)27-11-9-26(10-12-27)16-19(14-24)22(28)25-15-18-6-2-3-8-21(18)23/h2-8,13,16H,9-12,15H2,1H3,(H,25,28)/b19-16-. The van der Waals surface area contributed by atoms with E-state index in [4.69, 9.17) is 11.6 Å². The van der Waals surface area contributed by atoms with Gasteiger partial charge in [-0.15, -0.1) is 0 Å². The highest BCUT2D eigenvalue weighted by Crippen LogP contribution is 2.18. The van der Waals surface area contributed by atoms with Crippen LogP contribution in [-0.2, 0) is 11.3 Å². The Morgan fingerprint density at radius 3 is 2.61 bits per heavy atom. The lowest BCUT2D eigenvalue weighted by Crippen LogP contribution is -2.44. The molecule has 0 spiro atoms. The number of nitrogens with zero attached hydrogens (tertiary/aromatic N) is 3. The van der Waals surface area contributed by atoms with Crippen molar-refractivity contribution in [3.8, 4) is 6.07 Å². The van der Waals surface area contributed by atoms with E-state index in [1.807, 2.05) is 29.2 Å².